The van der Waals surface area contributed by atoms with E-state index in [0.717, 1.165) is 18.9 Å². The first-order valence-corrected chi connectivity index (χ1v) is 8.14. The van der Waals surface area contributed by atoms with E-state index in [1.165, 1.54) is 49.7 Å². The van der Waals surface area contributed by atoms with Crippen molar-refractivity contribution in [2.75, 3.05) is 6.54 Å². The van der Waals surface area contributed by atoms with Crippen LogP contribution in [0.1, 0.15) is 57.1 Å². The van der Waals surface area contributed by atoms with Crippen molar-refractivity contribution >= 4 is 0 Å². The fraction of sp³-hybridized carbons (Fsp3) is 0.667. The summed E-state index contributed by atoms with van der Waals surface area (Å²) in [6.45, 7) is 5.54. The molecule has 1 N–H and O–H groups in total. The average Bonchev–Trinajstić information content (AvgIpc) is 2.48. The van der Waals surface area contributed by atoms with Crippen molar-refractivity contribution in [3.63, 3.8) is 0 Å². The Labute approximate surface area is 118 Å². The van der Waals surface area contributed by atoms with Crippen LogP contribution in [-0.4, -0.2) is 12.6 Å². The molecule has 106 valence electrons. The lowest BCUT2D eigenvalue weighted by atomic mass is 9.81. The molecule has 0 radical (unpaired) electrons. The van der Waals surface area contributed by atoms with Gasteiger partial charge in [-0.1, -0.05) is 57.4 Å². The highest BCUT2D eigenvalue weighted by Crippen LogP contribution is 2.28. The Hall–Kier alpha value is -0.820. The normalized spacial score (nSPS) is 18.4. The Bertz CT molecular complexity index is 348. The predicted molar refractivity (Wildman–Crippen MR) is 83.6 cm³/mol. The van der Waals surface area contributed by atoms with Crippen LogP contribution in [0.2, 0.25) is 0 Å². The van der Waals surface area contributed by atoms with Crippen LogP contribution >= 0.6 is 0 Å². The van der Waals surface area contributed by atoms with E-state index < -0.39 is 0 Å². The van der Waals surface area contributed by atoms with Gasteiger partial charge in [0, 0.05) is 6.04 Å². The number of hydrogen-bond donors (Lipinski definition) is 1. The van der Waals surface area contributed by atoms with E-state index in [9.17, 15) is 0 Å². The van der Waals surface area contributed by atoms with Gasteiger partial charge in [-0.05, 0) is 49.3 Å². The summed E-state index contributed by atoms with van der Waals surface area (Å²) in [7, 11) is 0. The molecule has 0 bridgehead atoms. The summed E-state index contributed by atoms with van der Waals surface area (Å²) in [5.41, 5.74) is 2.94. The fourth-order valence-electron chi connectivity index (χ4n) is 3.37. The van der Waals surface area contributed by atoms with Crippen molar-refractivity contribution in [2.24, 2.45) is 5.92 Å². The molecule has 1 atom stereocenters. The Morgan fingerprint density at radius 2 is 1.63 bits per heavy atom. The molecule has 1 aromatic rings. The summed E-state index contributed by atoms with van der Waals surface area (Å²) in [4.78, 5) is 0. The first-order valence-electron chi connectivity index (χ1n) is 8.14. The highest BCUT2D eigenvalue weighted by atomic mass is 14.9. The lowest BCUT2D eigenvalue weighted by Gasteiger charge is -2.31. The van der Waals surface area contributed by atoms with E-state index in [1.54, 1.807) is 0 Å². The molecular weight excluding hydrogens is 230 g/mol. The second-order valence-electron chi connectivity index (χ2n) is 5.94. The molecule has 1 heteroatoms. The zero-order valence-corrected chi connectivity index (χ0v) is 12.6. The lowest BCUT2D eigenvalue weighted by Crippen LogP contribution is -2.38. The van der Waals surface area contributed by atoms with Gasteiger partial charge in [0.05, 0.1) is 0 Å². The molecule has 0 spiro atoms. The van der Waals surface area contributed by atoms with Crippen LogP contribution in [0.15, 0.2) is 24.3 Å². The molecule has 1 aromatic carbocycles. The van der Waals surface area contributed by atoms with Crippen molar-refractivity contribution in [2.45, 2.75) is 64.8 Å². The highest BCUT2D eigenvalue weighted by Gasteiger charge is 2.22. The van der Waals surface area contributed by atoms with E-state index in [4.69, 9.17) is 0 Å². The minimum atomic E-state index is 0.678. The SMILES string of the molecule is CCNC(Cc1ccc(CC)cc1)C1CCCCC1. The summed E-state index contributed by atoms with van der Waals surface area (Å²) in [5.74, 6) is 0.888. The maximum absolute atomic E-state index is 3.73. The van der Waals surface area contributed by atoms with Gasteiger partial charge in [0.15, 0.2) is 0 Å². The molecule has 2 rings (SSSR count). The van der Waals surface area contributed by atoms with Gasteiger partial charge in [0.25, 0.3) is 0 Å². The molecule has 19 heavy (non-hydrogen) atoms. The summed E-state index contributed by atoms with van der Waals surface area (Å²) < 4.78 is 0. The maximum atomic E-state index is 3.73. The molecular formula is C18H29N. The number of aryl methyl sites for hydroxylation is 1. The fourth-order valence-corrected chi connectivity index (χ4v) is 3.37. The summed E-state index contributed by atoms with van der Waals surface area (Å²) in [6, 6.07) is 9.91. The van der Waals surface area contributed by atoms with E-state index >= 15 is 0 Å². The maximum Gasteiger partial charge on any atom is 0.0136 e. The van der Waals surface area contributed by atoms with Gasteiger partial charge in [0.2, 0.25) is 0 Å². The van der Waals surface area contributed by atoms with Crippen LogP contribution in [0.4, 0.5) is 0 Å². The van der Waals surface area contributed by atoms with Crippen molar-refractivity contribution in [3.05, 3.63) is 35.4 Å². The molecule has 0 amide bonds. The van der Waals surface area contributed by atoms with Gasteiger partial charge in [-0.25, -0.2) is 0 Å². The van der Waals surface area contributed by atoms with Crippen molar-refractivity contribution < 1.29 is 0 Å². The predicted octanol–water partition coefficient (Wildman–Crippen LogP) is 4.35. The zero-order valence-electron chi connectivity index (χ0n) is 12.6. The standard InChI is InChI=1S/C18H29N/c1-3-15-10-12-16(13-11-15)14-18(19-4-2)17-8-6-5-7-9-17/h10-13,17-19H,3-9,14H2,1-2H3. The summed E-state index contributed by atoms with van der Waals surface area (Å²) >= 11 is 0. The molecule has 1 aliphatic carbocycles. The third-order valence-corrected chi connectivity index (χ3v) is 4.57. The molecule has 0 aromatic heterocycles. The lowest BCUT2D eigenvalue weighted by molar-refractivity contribution is 0.269. The van der Waals surface area contributed by atoms with Crippen LogP contribution in [0.25, 0.3) is 0 Å². The average molecular weight is 259 g/mol. The molecule has 1 unspecified atom stereocenters. The van der Waals surface area contributed by atoms with Gasteiger partial charge < -0.3 is 5.32 Å². The van der Waals surface area contributed by atoms with E-state index in [2.05, 4.69) is 43.4 Å². The first-order chi connectivity index (χ1) is 9.33. The van der Waals surface area contributed by atoms with Gasteiger partial charge in [-0.2, -0.15) is 0 Å². The van der Waals surface area contributed by atoms with E-state index in [-0.39, 0.29) is 0 Å². The summed E-state index contributed by atoms with van der Waals surface area (Å²) in [5, 5.41) is 3.73. The topological polar surface area (TPSA) is 12.0 Å². The number of nitrogens with one attached hydrogen (secondary N) is 1. The smallest absolute Gasteiger partial charge is 0.0136 e. The Morgan fingerprint density at radius 3 is 2.21 bits per heavy atom. The van der Waals surface area contributed by atoms with E-state index in [1.807, 2.05) is 0 Å². The van der Waals surface area contributed by atoms with Crippen LogP contribution in [0.5, 0.6) is 0 Å². The van der Waals surface area contributed by atoms with Gasteiger partial charge in [0.1, 0.15) is 0 Å². The number of rotatable bonds is 6. The minimum Gasteiger partial charge on any atom is -0.314 e. The monoisotopic (exact) mass is 259 g/mol. The van der Waals surface area contributed by atoms with Gasteiger partial charge in [-0.3, -0.25) is 0 Å². The Balaban J connectivity index is 1.97. The van der Waals surface area contributed by atoms with Crippen LogP contribution in [-0.2, 0) is 12.8 Å². The number of hydrogen-bond acceptors (Lipinski definition) is 1. The first kappa shape index (κ1) is 14.6. The molecule has 0 heterocycles. The quantitative estimate of drug-likeness (QED) is 0.801. The van der Waals surface area contributed by atoms with Crippen LogP contribution < -0.4 is 5.32 Å². The molecule has 1 nitrogen and oxygen atoms in total. The van der Waals surface area contributed by atoms with Gasteiger partial charge >= 0.3 is 0 Å². The Kier molecular flexibility index (Phi) is 5.91. The Morgan fingerprint density at radius 1 is 1.00 bits per heavy atom. The molecule has 0 saturated heterocycles. The van der Waals surface area contributed by atoms with Crippen molar-refractivity contribution in [1.82, 2.24) is 5.32 Å². The minimum absolute atomic E-state index is 0.678. The second-order valence-corrected chi connectivity index (χ2v) is 5.94. The summed E-state index contributed by atoms with van der Waals surface area (Å²) in [6.07, 6.45) is 9.49. The van der Waals surface area contributed by atoms with Gasteiger partial charge in [-0.15, -0.1) is 0 Å². The van der Waals surface area contributed by atoms with Crippen molar-refractivity contribution in [3.8, 4) is 0 Å². The van der Waals surface area contributed by atoms with Crippen LogP contribution in [0, 0.1) is 5.92 Å². The van der Waals surface area contributed by atoms with E-state index in [0.29, 0.717) is 6.04 Å². The van der Waals surface area contributed by atoms with Crippen molar-refractivity contribution in [1.29, 1.82) is 0 Å². The highest BCUT2D eigenvalue weighted by molar-refractivity contribution is 5.23. The second kappa shape index (κ2) is 7.69. The largest absolute Gasteiger partial charge is 0.314 e. The number of benzene rings is 1. The molecule has 1 saturated carbocycles. The molecule has 0 aliphatic heterocycles. The van der Waals surface area contributed by atoms with Crippen LogP contribution in [0.3, 0.4) is 0 Å². The number of likely N-dealkylation sites (N-methyl/N-ethyl adjacent to an activating group) is 1. The molecule has 1 fully saturated rings. The third-order valence-electron chi connectivity index (χ3n) is 4.57. The molecule has 1 aliphatic rings. The third kappa shape index (κ3) is 4.35. The zero-order chi connectivity index (χ0) is 13.5.